The van der Waals surface area contributed by atoms with Crippen LogP contribution in [0.25, 0.3) is 10.9 Å². The maximum atomic E-state index is 12.4. The van der Waals surface area contributed by atoms with Crippen molar-refractivity contribution in [2.24, 2.45) is 0 Å². The summed E-state index contributed by atoms with van der Waals surface area (Å²) in [6.45, 7) is 6.96. The lowest BCUT2D eigenvalue weighted by Crippen LogP contribution is -2.26. The van der Waals surface area contributed by atoms with E-state index in [1.165, 1.54) is 16.5 Å². The molecule has 1 aromatic carbocycles. The summed E-state index contributed by atoms with van der Waals surface area (Å²) in [6, 6.07) is 10.3. The second kappa shape index (κ2) is 8.17. The van der Waals surface area contributed by atoms with E-state index in [2.05, 4.69) is 41.3 Å². The summed E-state index contributed by atoms with van der Waals surface area (Å²) in [5.74, 6) is 0.0889. The predicted molar refractivity (Wildman–Crippen MR) is 106 cm³/mol. The number of benzene rings is 1. The molecule has 136 valence electrons. The summed E-state index contributed by atoms with van der Waals surface area (Å²) in [6.07, 6.45) is 5.20. The number of nitrogens with zero attached hydrogens (tertiary/aromatic N) is 1. The first-order valence-electron chi connectivity index (χ1n) is 9.29. The van der Waals surface area contributed by atoms with Gasteiger partial charge in [0.25, 0.3) is 0 Å². The van der Waals surface area contributed by atoms with Crippen LogP contribution in [0.2, 0.25) is 0 Å². The van der Waals surface area contributed by atoms with Gasteiger partial charge in [-0.15, -0.1) is 0 Å². The molecule has 2 aromatic heterocycles. The van der Waals surface area contributed by atoms with E-state index >= 15 is 0 Å². The third-order valence-corrected chi connectivity index (χ3v) is 4.82. The van der Waals surface area contributed by atoms with Gasteiger partial charge >= 0.3 is 0 Å². The second-order valence-electron chi connectivity index (χ2n) is 7.04. The van der Waals surface area contributed by atoms with E-state index in [0.29, 0.717) is 13.0 Å². The Morgan fingerprint density at radius 3 is 2.77 bits per heavy atom. The molecule has 0 unspecified atom stereocenters. The number of aryl methyl sites for hydroxylation is 4. The molecule has 0 aliphatic heterocycles. The van der Waals surface area contributed by atoms with Crippen LogP contribution in [0.1, 0.15) is 40.9 Å². The molecule has 0 aliphatic rings. The topological polar surface area (TPSA) is 57.8 Å². The highest BCUT2D eigenvalue weighted by atomic mass is 16.1. The number of aromatic nitrogens is 2. The quantitative estimate of drug-likeness (QED) is 0.629. The smallest absolute Gasteiger partial charge is 0.224 e. The summed E-state index contributed by atoms with van der Waals surface area (Å²) in [7, 11) is 0. The first-order chi connectivity index (χ1) is 12.5. The van der Waals surface area contributed by atoms with Crippen molar-refractivity contribution in [1.82, 2.24) is 15.3 Å². The molecular weight excluding hydrogens is 322 g/mol. The standard InChI is InChI=1S/C22H27N3O/c1-15-12-16(2)22-20(13-15)19(17(3)25-22)14-21(26)24-11-7-5-9-18-8-4-6-10-23-18/h4,6,8,10,12-13,25H,5,7,9,11,14H2,1-3H3,(H,24,26). The average molecular weight is 349 g/mol. The van der Waals surface area contributed by atoms with E-state index in [1.807, 2.05) is 31.3 Å². The zero-order chi connectivity index (χ0) is 18.5. The van der Waals surface area contributed by atoms with Gasteiger partial charge in [0, 0.05) is 35.0 Å². The third-order valence-electron chi connectivity index (χ3n) is 4.82. The molecule has 3 rings (SSSR count). The zero-order valence-corrected chi connectivity index (χ0v) is 15.9. The minimum Gasteiger partial charge on any atom is -0.358 e. The third kappa shape index (κ3) is 4.31. The van der Waals surface area contributed by atoms with E-state index in [1.54, 1.807) is 0 Å². The Balaban J connectivity index is 1.52. The van der Waals surface area contributed by atoms with Crippen LogP contribution in [0.15, 0.2) is 36.5 Å². The Morgan fingerprint density at radius 2 is 2.00 bits per heavy atom. The van der Waals surface area contributed by atoms with Crippen molar-refractivity contribution in [3.05, 3.63) is 64.6 Å². The van der Waals surface area contributed by atoms with Crippen LogP contribution in [-0.4, -0.2) is 22.4 Å². The molecule has 0 fully saturated rings. The lowest BCUT2D eigenvalue weighted by Gasteiger charge is -2.06. The second-order valence-corrected chi connectivity index (χ2v) is 7.04. The van der Waals surface area contributed by atoms with Crippen LogP contribution in [0.5, 0.6) is 0 Å². The monoisotopic (exact) mass is 349 g/mol. The van der Waals surface area contributed by atoms with Crippen LogP contribution in [0.3, 0.4) is 0 Å². The van der Waals surface area contributed by atoms with Crippen molar-refractivity contribution in [3.63, 3.8) is 0 Å². The fourth-order valence-corrected chi connectivity index (χ4v) is 3.49. The Hall–Kier alpha value is -2.62. The zero-order valence-electron chi connectivity index (χ0n) is 15.9. The summed E-state index contributed by atoms with van der Waals surface area (Å²) < 4.78 is 0. The molecule has 0 saturated heterocycles. The van der Waals surface area contributed by atoms with Gasteiger partial charge in [0.15, 0.2) is 0 Å². The molecule has 0 aliphatic carbocycles. The van der Waals surface area contributed by atoms with Crippen LogP contribution in [0.4, 0.5) is 0 Å². The number of H-pyrrole nitrogens is 1. The molecule has 0 spiro atoms. The summed E-state index contributed by atoms with van der Waals surface area (Å²) in [4.78, 5) is 20.1. The number of rotatable bonds is 7. The SMILES string of the molecule is Cc1cc(C)c2[nH]c(C)c(CC(=O)NCCCCc3ccccn3)c2c1. The summed E-state index contributed by atoms with van der Waals surface area (Å²) in [5, 5.41) is 4.23. The van der Waals surface area contributed by atoms with Crippen molar-refractivity contribution in [1.29, 1.82) is 0 Å². The number of carbonyl (C=O) groups is 1. The first kappa shape index (κ1) is 18.2. The van der Waals surface area contributed by atoms with Gasteiger partial charge in [-0.3, -0.25) is 9.78 Å². The van der Waals surface area contributed by atoms with Crippen LogP contribution < -0.4 is 5.32 Å². The van der Waals surface area contributed by atoms with Crippen molar-refractivity contribution < 1.29 is 4.79 Å². The van der Waals surface area contributed by atoms with Gasteiger partial charge in [0.05, 0.1) is 6.42 Å². The van der Waals surface area contributed by atoms with E-state index < -0.39 is 0 Å². The number of nitrogens with one attached hydrogen (secondary N) is 2. The Bertz CT molecular complexity index is 897. The molecule has 2 N–H and O–H groups in total. The molecule has 0 saturated carbocycles. The van der Waals surface area contributed by atoms with Crippen molar-refractivity contribution in [3.8, 4) is 0 Å². The van der Waals surface area contributed by atoms with E-state index in [4.69, 9.17) is 0 Å². The number of carbonyl (C=O) groups excluding carboxylic acids is 1. The fraction of sp³-hybridized carbons (Fsp3) is 0.364. The molecule has 1 amide bonds. The van der Waals surface area contributed by atoms with Crippen LogP contribution in [0, 0.1) is 20.8 Å². The van der Waals surface area contributed by atoms with Crippen molar-refractivity contribution in [2.75, 3.05) is 6.54 Å². The Morgan fingerprint density at radius 1 is 1.15 bits per heavy atom. The minimum absolute atomic E-state index is 0.0889. The Labute approximate surface area is 155 Å². The van der Waals surface area contributed by atoms with Crippen molar-refractivity contribution in [2.45, 2.75) is 46.5 Å². The number of aromatic amines is 1. The average Bonchev–Trinajstić information content (AvgIpc) is 2.92. The number of pyridine rings is 1. The van der Waals surface area contributed by atoms with E-state index in [9.17, 15) is 4.79 Å². The van der Waals surface area contributed by atoms with E-state index in [-0.39, 0.29) is 5.91 Å². The predicted octanol–water partition coefficient (Wildman–Crippen LogP) is 4.17. The minimum atomic E-state index is 0.0889. The van der Waals surface area contributed by atoms with Gasteiger partial charge in [0.2, 0.25) is 5.91 Å². The maximum absolute atomic E-state index is 12.4. The maximum Gasteiger partial charge on any atom is 0.224 e. The van der Waals surface area contributed by atoms with Gasteiger partial charge in [-0.1, -0.05) is 17.7 Å². The van der Waals surface area contributed by atoms with Crippen LogP contribution in [-0.2, 0) is 17.6 Å². The lowest BCUT2D eigenvalue weighted by atomic mass is 10.0. The lowest BCUT2D eigenvalue weighted by molar-refractivity contribution is -0.120. The molecular formula is C22H27N3O. The number of fused-ring (bicyclic) bond motifs is 1. The van der Waals surface area contributed by atoms with Gasteiger partial charge in [-0.25, -0.2) is 0 Å². The highest BCUT2D eigenvalue weighted by Gasteiger charge is 2.14. The number of amides is 1. The summed E-state index contributed by atoms with van der Waals surface area (Å²) >= 11 is 0. The van der Waals surface area contributed by atoms with Gasteiger partial charge in [-0.2, -0.15) is 0 Å². The van der Waals surface area contributed by atoms with Gasteiger partial charge in [-0.05, 0) is 69.4 Å². The highest BCUT2D eigenvalue weighted by molar-refractivity contribution is 5.92. The summed E-state index contributed by atoms with van der Waals surface area (Å²) in [5.41, 5.74) is 6.90. The Kier molecular flexibility index (Phi) is 5.71. The number of unbranched alkanes of at least 4 members (excludes halogenated alkanes) is 1. The van der Waals surface area contributed by atoms with Gasteiger partial charge in [0.1, 0.15) is 0 Å². The molecule has 2 heterocycles. The van der Waals surface area contributed by atoms with Crippen LogP contribution >= 0.6 is 0 Å². The number of hydrogen-bond acceptors (Lipinski definition) is 2. The van der Waals surface area contributed by atoms with Crippen molar-refractivity contribution >= 4 is 16.8 Å². The molecule has 26 heavy (non-hydrogen) atoms. The normalized spacial score (nSPS) is 11.0. The number of hydrogen-bond donors (Lipinski definition) is 2. The molecule has 4 nitrogen and oxygen atoms in total. The molecule has 0 radical (unpaired) electrons. The fourth-order valence-electron chi connectivity index (χ4n) is 3.49. The molecule has 0 atom stereocenters. The largest absolute Gasteiger partial charge is 0.358 e. The van der Waals surface area contributed by atoms with Gasteiger partial charge < -0.3 is 10.3 Å². The molecule has 4 heteroatoms. The molecule has 0 bridgehead atoms. The van der Waals surface area contributed by atoms with E-state index in [0.717, 1.165) is 41.7 Å². The highest BCUT2D eigenvalue weighted by Crippen LogP contribution is 2.26. The molecule has 3 aromatic rings. The first-order valence-corrected chi connectivity index (χ1v) is 9.29.